The molecule has 1 aromatic carbocycles. The molecule has 1 aliphatic rings. The molecular weight excluding hydrogens is 318 g/mol. The predicted octanol–water partition coefficient (Wildman–Crippen LogP) is 2.74. The van der Waals surface area contributed by atoms with Crippen molar-refractivity contribution in [3.8, 4) is 0 Å². The molecule has 0 amide bonds. The summed E-state index contributed by atoms with van der Waals surface area (Å²) in [5.74, 6) is 0.942. The van der Waals surface area contributed by atoms with Gasteiger partial charge in [-0.1, -0.05) is 6.07 Å². The minimum Gasteiger partial charge on any atom is -0.476 e. The Kier molecular flexibility index (Phi) is 3.83. The molecule has 2 aromatic heterocycles. The number of aromatic carboxylic acids is 1. The van der Waals surface area contributed by atoms with E-state index in [2.05, 4.69) is 38.9 Å². The van der Waals surface area contributed by atoms with E-state index in [1.807, 2.05) is 6.07 Å². The monoisotopic (exact) mass is 337 g/mol. The van der Waals surface area contributed by atoms with Crippen LogP contribution >= 0.6 is 0 Å². The molecule has 0 radical (unpaired) electrons. The van der Waals surface area contributed by atoms with Gasteiger partial charge in [0.05, 0.1) is 23.4 Å². The summed E-state index contributed by atoms with van der Waals surface area (Å²) in [6.45, 7) is 3.75. The second kappa shape index (κ2) is 6.16. The van der Waals surface area contributed by atoms with Crippen LogP contribution < -0.4 is 4.90 Å². The number of piperidine rings is 1. The van der Waals surface area contributed by atoms with E-state index in [4.69, 9.17) is 10.1 Å². The second-order valence-corrected chi connectivity index (χ2v) is 6.49. The summed E-state index contributed by atoms with van der Waals surface area (Å²) in [7, 11) is 0. The first kappa shape index (κ1) is 15.6. The first-order valence-electron chi connectivity index (χ1n) is 8.37. The maximum Gasteiger partial charge on any atom is 0.356 e. The number of rotatable bonds is 3. The normalized spacial score (nSPS) is 17.8. The number of carboxylic acid groups (broad SMARTS) is 1. The van der Waals surface area contributed by atoms with Crippen molar-refractivity contribution in [2.75, 3.05) is 18.0 Å². The summed E-state index contributed by atoms with van der Waals surface area (Å²) in [6, 6.07) is 6.23. The van der Waals surface area contributed by atoms with Gasteiger partial charge in [-0.05, 0) is 37.5 Å². The zero-order chi connectivity index (χ0) is 17.4. The molecule has 0 saturated carbocycles. The second-order valence-electron chi connectivity index (χ2n) is 6.49. The number of aromatic amines is 1. The summed E-state index contributed by atoms with van der Waals surface area (Å²) < 4.78 is 0. The van der Waals surface area contributed by atoms with Gasteiger partial charge in [0.1, 0.15) is 11.6 Å². The number of hydrogen-bond donors (Lipinski definition) is 2. The number of carbonyl (C=O) groups is 1. The van der Waals surface area contributed by atoms with Crippen LogP contribution in [-0.4, -0.2) is 44.1 Å². The number of hydrogen-bond acceptors (Lipinski definition) is 5. The van der Waals surface area contributed by atoms with Crippen LogP contribution in [0.25, 0.3) is 11.0 Å². The highest BCUT2D eigenvalue weighted by Crippen LogP contribution is 2.29. The van der Waals surface area contributed by atoms with E-state index in [0.717, 1.165) is 42.8 Å². The molecule has 1 unspecified atom stereocenters. The van der Waals surface area contributed by atoms with Gasteiger partial charge in [-0.15, -0.1) is 0 Å². The highest BCUT2D eigenvalue weighted by Gasteiger charge is 2.25. The van der Waals surface area contributed by atoms with Gasteiger partial charge in [0.15, 0.2) is 5.69 Å². The van der Waals surface area contributed by atoms with Crippen molar-refractivity contribution in [1.29, 1.82) is 0 Å². The molecule has 1 saturated heterocycles. The highest BCUT2D eigenvalue weighted by atomic mass is 16.4. The van der Waals surface area contributed by atoms with Gasteiger partial charge in [-0.2, -0.15) is 0 Å². The molecule has 25 heavy (non-hydrogen) atoms. The first-order valence-corrected chi connectivity index (χ1v) is 8.37. The number of aromatic nitrogens is 4. The molecule has 0 bridgehead atoms. The van der Waals surface area contributed by atoms with E-state index in [1.165, 1.54) is 18.0 Å². The van der Waals surface area contributed by atoms with E-state index in [9.17, 15) is 4.79 Å². The number of carboxylic acids is 1. The summed E-state index contributed by atoms with van der Waals surface area (Å²) in [5.41, 5.74) is 3.23. The third-order valence-corrected chi connectivity index (χ3v) is 4.65. The Morgan fingerprint density at radius 1 is 1.32 bits per heavy atom. The van der Waals surface area contributed by atoms with Gasteiger partial charge in [-0.3, -0.25) is 0 Å². The number of nitrogens with zero attached hydrogens (tertiary/aromatic N) is 4. The smallest absolute Gasteiger partial charge is 0.356 e. The summed E-state index contributed by atoms with van der Waals surface area (Å²) in [5, 5.41) is 8.94. The van der Waals surface area contributed by atoms with Crippen molar-refractivity contribution in [2.24, 2.45) is 0 Å². The molecular formula is C18H19N5O2. The van der Waals surface area contributed by atoms with Crippen LogP contribution in [0.2, 0.25) is 0 Å². The molecule has 1 fully saturated rings. The Morgan fingerprint density at radius 3 is 2.96 bits per heavy atom. The zero-order valence-electron chi connectivity index (χ0n) is 13.9. The molecule has 3 aromatic rings. The Balaban J connectivity index is 1.56. The van der Waals surface area contributed by atoms with Crippen molar-refractivity contribution in [3.05, 3.63) is 47.7 Å². The summed E-state index contributed by atoms with van der Waals surface area (Å²) >= 11 is 0. The fraction of sp³-hybridized carbons (Fsp3) is 0.333. The molecule has 4 rings (SSSR count). The van der Waals surface area contributed by atoms with Crippen molar-refractivity contribution in [3.63, 3.8) is 0 Å². The van der Waals surface area contributed by atoms with Crippen LogP contribution in [0.3, 0.4) is 0 Å². The number of imidazole rings is 1. The largest absolute Gasteiger partial charge is 0.476 e. The quantitative estimate of drug-likeness (QED) is 0.763. The molecule has 0 spiro atoms. The summed E-state index contributed by atoms with van der Waals surface area (Å²) in [6.07, 6.45) is 4.94. The third-order valence-electron chi connectivity index (χ3n) is 4.65. The van der Waals surface area contributed by atoms with Gasteiger partial charge in [-0.25, -0.2) is 19.7 Å². The molecule has 1 atom stereocenters. The van der Waals surface area contributed by atoms with E-state index < -0.39 is 5.97 Å². The van der Waals surface area contributed by atoms with Crippen molar-refractivity contribution >= 4 is 22.8 Å². The standard InChI is InChI=1S/C18H19N5O2/c1-11-4-5-13-14(7-11)22-17(21-13)12-3-2-6-23(10-12)16-9-19-15(8-20-16)18(24)25/h4-5,7-9,12H,2-3,6,10H2,1H3,(H,21,22)(H,24,25). The number of aryl methyl sites for hydroxylation is 1. The maximum atomic E-state index is 10.9. The molecule has 7 nitrogen and oxygen atoms in total. The van der Waals surface area contributed by atoms with Gasteiger partial charge >= 0.3 is 5.97 Å². The topological polar surface area (TPSA) is 95.0 Å². The zero-order valence-corrected chi connectivity index (χ0v) is 13.9. The summed E-state index contributed by atoms with van der Waals surface area (Å²) in [4.78, 5) is 29.5. The fourth-order valence-corrected chi connectivity index (χ4v) is 3.34. The lowest BCUT2D eigenvalue weighted by Crippen LogP contribution is -2.35. The number of H-pyrrole nitrogens is 1. The number of anilines is 1. The maximum absolute atomic E-state index is 10.9. The SMILES string of the molecule is Cc1ccc2nc(C3CCCN(c4cnc(C(=O)O)cn4)C3)[nH]c2c1. The Labute approximate surface area is 144 Å². The molecule has 128 valence electrons. The van der Waals surface area contributed by atoms with Crippen LogP contribution in [0.1, 0.15) is 40.6 Å². The van der Waals surface area contributed by atoms with Gasteiger partial charge in [0, 0.05) is 19.0 Å². The van der Waals surface area contributed by atoms with E-state index >= 15 is 0 Å². The van der Waals surface area contributed by atoms with Gasteiger partial charge in [0.25, 0.3) is 0 Å². The van der Waals surface area contributed by atoms with Crippen molar-refractivity contribution < 1.29 is 9.90 Å². The minimum absolute atomic E-state index is 0.0371. The molecule has 7 heteroatoms. The molecule has 3 heterocycles. The highest BCUT2D eigenvalue weighted by molar-refractivity contribution is 5.84. The van der Waals surface area contributed by atoms with Crippen molar-refractivity contribution in [2.45, 2.75) is 25.7 Å². The number of fused-ring (bicyclic) bond motifs is 1. The number of nitrogens with one attached hydrogen (secondary N) is 1. The van der Waals surface area contributed by atoms with Crippen LogP contribution in [0, 0.1) is 6.92 Å². The lowest BCUT2D eigenvalue weighted by Gasteiger charge is -2.32. The van der Waals surface area contributed by atoms with Gasteiger partial charge in [0.2, 0.25) is 0 Å². The van der Waals surface area contributed by atoms with Crippen LogP contribution in [0.4, 0.5) is 5.82 Å². The molecule has 1 aliphatic heterocycles. The average Bonchev–Trinajstić information content (AvgIpc) is 3.05. The number of benzene rings is 1. The predicted molar refractivity (Wildman–Crippen MR) is 94.0 cm³/mol. The lowest BCUT2D eigenvalue weighted by atomic mass is 9.97. The molecule has 2 N–H and O–H groups in total. The Bertz CT molecular complexity index is 919. The Morgan fingerprint density at radius 2 is 2.20 bits per heavy atom. The van der Waals surface area contributed by atoms with E-state index in [-0.39, 0.29) is 5.69 Å². The van der Waals surface area contributed by atoms with E-state index in [1.54, 1.807) is 0 Å². The van der Waals surface area contributed by atoms with Crippen molar-refractivity contribution in [1.82, 2.24) is 19.9 Å². The van der Waals surface area contributed by atoms with Crippen LogP contribution in [0.15, 0.2) is 30.6 Å². The minimum atomic E-state index is -1.06. The van der Waals surface area contributed by atoms with Crippen LogP contribution in [-0.2, 0) is 0 Å². The Hall–Kier alpha value is -2.96. The third kappa shape index (κ3) is 3.05. The average molecular weight is 337 g/mol. The van der Waals surface area contributed by atoms with Gasteiger partial charge < -0.3 is 15.0 Å². The van der Waals surface area contributed by atoms with E-state index in [0.29, 0.717) is 11.7 Å². The molecule has 0 aliphatic carbocycles. The lowest BCUT2D eigenvalue weighted by molar-refractivity contribution is 0.0690. The van der Waals surface area contributed by atoms with Crippen LogP contribution in [0.5, 0.6) is 0 Å². The first-order chi connectivity index (χ1) is 12.1. The fourth-order valence-electron chi connectivity index (χ4n) is 3.34.